The minimum absolute atomic E-state index is 0.0396. The zero-order valence-corrected chi connectivity index (χ0v) is 23.0. The summed E-state index contributed by atoms with van der Waals surface area (Å²) in [6.45, 7) is 5.76. The lowest BCUT2D eigenvalue weighted by molar-refractivity contribution is 0.104. The van der Waals surface area contributed by atoms with Crippen molar-refractivity contribution in [3.05, 3.63) is 90.0 Å². The Balaban J connectivity index is 1.30. The smallest absolute Gasteiger partial charge is 0.196 e. The van der Waals surface area contributed by atoms with E-state index in [1.165, 1.54) is 0 Å². The third kappa shape index (κ3) is 4.23. The fourth-order valence-corrected chi connectivity index (χ4v) is 5.92. The van der Waals surface area contributed by atoms with Crippen LogP contribution < -0.4 is 24.6 Å². The highest BCUT2D eigenvalue weighted by Gasteiger charge is 2.34. The number of nitrogens with zero attached hydrogens (tertiary/aromatic N) is 3. The molecule has 2 heterocycles. The van der Waals surface area contributed by atoms with Crippen molar-refractivity contribution < 1.29 is 18.8 Å². The zero-order valence-electron chi connectivity index (χ0n) is 23.0. The van der Waals surface area contributed by atoms with E-state index in [0.29, 0.717) is 29.0 Å². The first-order valence-electron chi connectivity index (χ1n) is 13.9. The maximum atomic E-state index is 13.9. The first kappa shape index (κ1) is 25.0. The second kappa shape index (κ2) is 10.2. The lowest BCUT2D eigenvalue weighted by Crippen LogP contribution is -2.46. The molecule has 5 aromatic rings. The molecule has 0 spiro atoms. The van der Waals surface area contributed by atoms with E-state index >= 15 is 0 Å². The van der Waals surface area contributed by atoms with Gasteiger partial charge in [-0.25, -0.2) is 0 Å². The van der Waals surface area contributed by atoms with Crippen LogP contribution in [0.2, 0.25) is 0 Å². The zero-order chi connectivity index (χ0) is 27.9. The summed E-state index contributed by atoms with van der Waals surface area (Å²) >= 11 is 0. The minimum Gasteiger partial charge on any atom is -0.495 e. The van der Waals surface area contributed by atoms with E-state index in [1.54, 1.807) is 7.11 Å². The molecule has 0 radical (unpaired) electrons. The Labute approximate surface area is 238 Å². The van der Waals surface area contributed by atoms with Gasteiger partial charge in [-0.1, -0.05) is 41.6 Å². The number of nitrogens with one attached hydrogen (secondary N) is 1. The number of ketones is 1. The molecular weight excluding hydrogens is 516 g/mol. The number of ether oxygens (including phenoxy) is 2. The predicted molar refractivity (Wildman–Crippen MR) is 161 cm³/mol. The highest BCUT2D eigenvalue weighted by atomic mass is 16.5. The van der Waals surface area contributed by atoms with Crippen LogP contribution in [0.5, 0.6) is 11.5 Å². The number of anilines is 4. The maximum Gasteiger partial charge on any atom is 0.196 e. The number of hydrogen-bond donors (Lipinski definition) is 1. The largest absolute Gasteiger partial charge is 0.495 e. The van der Waals surface area contributed by atoms with Gasteiger partial charge in [-0.05, 0) is 49.4 Å². The number of piperazine rings is 1. The van der Waals surface area contributed by atoms with E-state index in [1.807, 2.05) is 79.7 Å². The molecule has 1 aliphatic carbocycles. The van der Waals surface area contributed by atoms with Crippen LogP contribution in [0.1, 0.15) is 22.8 Å². The Morgan fingerprint density at radius 1 is 0.878 bits per heavy atom. The van der Waals surface area contributed by atoms with Gasteiger partial charge in [0.25, 0.3) is 0 Å². The molecule has 41 heavy (non-hydrogen) atoms. The van der Waals surface area contributed by atoms with Crippen LogP contribution in [0.15, 0.2) is 83.4 Å². The van der Waals surface area contributed by atoms with Crippen molar-refractivity contribution in [2.24, 2.45) is 0 Å². The van der Waals surface area contributed by atoms with E-state index in [9.17, 15) is 4.79 Å². The van der Waals surface area contributed by atoms with E-state index < -0.39 is 0 Å². The van der Waals surface area contributed by atoms with Crippen LogP contribution >= 0.6 is 0 Å². The SMILES string of the molecule is CCOc1ccc(Nc2cc(N3CCN(c4ccccc4OC)CC3)c3noc4c3c2C(=O)c2ccccc2-4)cc1. The number of carbonyl (C=O) groups is 1. The molecule has 1 N–H and O–H groups in total. The molecule has 1 aliphatic heterocycles. The van der Waals surface area contributed by atoms with Crippen molar-refractivity contribution >= 4 is 39.4 Å². The van der Waals surface area contributed by atoms with Gasteiger partial charge in [0.2, 0.25) is 0 Å². The number of fused-ring (bicyclic) bond motifs is 2. The first-order valence-corrected chi connectivity index (χ1v) is 13.9. The van der Waals surface area contributed by atoms with Gasteiger partial charge < -0.3 is 29.1 Å². The maximum absolute atomic E-state index is 13.9. The van der Waals surface area contributed by atoms with Crippen LogP contribution in [-0.4, -0.2) is 50.8 Å². The Morgan fingerprint density at radius 3 is 2.29 bits per heavy atom. The summed E-state index contributed by atoms with van der Waals surface area (Å²) in [4.78, 5) is 18.6. The van der Waals surface area contributed by atoms with Gasteiger partial charge in [-0.2, -0.15) is 0 Å². The molecule has 0 unspecified atom stereocenters. The molecule has 8 heteroatoms. The number of aromatic nitrogens is 1. The third-order valence-corrected chi connectivity index (χ3v) is 7.87. The summed E-state index contributed by atoms with van der Waals surface area (Å²) in [6, 6.07) is 25.5. The van der Waals surface area contributed by atoms with Crippen LogP contribution in [0, 0.1) is 0 Å². The summed E-state index contributed by atoms with van der Waals surface area (Å²) in [7, 11) is 1.71. The molecule has 0 saturated carbocycles. The van der Waals surface area contributed by atoms with Crippen molar-refractivity contribution in [2.75, 3.05) is 55.0 Å². The van der Waals surface area contributed by atoms with Crippen molar-refractivity contribution in [2.45, 2.75) is 6.92 Å². The molecular formula is C33H30N4O4. The summed E-state index contributed by atoms with van der Waals surface area (Å²) < 4.78 is 17.2. The van der Waals surface area contributed by atoms with Crippen LogP contribution in [0.3, 0.4) is 0 Å². The topological polar surface area (TPSA) is 80.1 Å². The predicted octanol–water partition coefficient (Wildman–Crippen LogP) is 6.52. The molecule has 7 rings (SSSR count). The van der Waals surface area contributed by atoms with E-state index in [4.69, 9.17) is 14.0 Å². The Bertz CT molecular complexity index is 1750. The number of para-hydroxylation sites is 2. The second-order valence-corrected chi connectivity index (χ2v) is 10.2. The van der Waals surface area contributed by atoms with Gasteiger partial charge in [0.1, 0.15) is 17.0 Å². The van der Waals surface area contributed by atoms with Crippen LogP contribution in [0.4, 0.5) is 22.7 Å². The van der Waals surface area contributed by atoms with Crippen molar-refractivity contribution in [3.63, 3.8) is 0 Å². The standard InChI is InChI=1S/C33H30N4O4/c1-3-40-22-14-12-21(13-15-22)34-25-20-27(37-18-16-36(17-19-37)26-10-6-7-11-28(26)39-2)31-30-29(25)32(38)23-8-4-5-9-24(23)33(30)41-35-31/h4-15,20,34H,3,16-19H2,1-2H3. The lowest BCUT2D eigenvalue weighted by Gasteiger charge is -2.38. The molecule has 0 amide bonds. The van der Waals surface area contributed by atoms with Gasteiger partial charge in [-0.3, -0.25) is 4.79 Å². The lowest BCUT2D eigenvalue weighted by atomic mass is 9.86. The summed E-state index contributed by atoms with van der Waals surface area (Å²) in [5.41, 5.74) is 6.31. The molecule has 0 atom stereocenters. The monoisotopic (exact) mass is 546 g/mol. The molecule has 1 aromatic heterocycles. The molecule has 4 aromatic carbocycles. The van der Waals surface area contributed by atoms with E-state index in [2.05, 4.69) is 26.3 Å². The van der Waals surface area contributed by atoms with Crippen molar-refractivity contribution in [1.29, 1.82) is 0 Å². The average Bonchev–Trinajstić information content (AvgIpc) is 3.47. The summed E-state index contributed by atoms with van der Waals surface area (Å²) in [6.07, 6.45) is 0. The van der Waals surface area contributed by atoms with Gasteiger partial charge in [0, 0.05) is 43.0 Å². The van der Waals surface area contributed by atoms with E-state index in [0.717, 1.165) is 71.4 Å². The molecule has 8 nitrogen and oxygen atoms in total. The fourth-order valence-electron chi connectivity index (χ4n) is 5.92. The minimum atomic E-state index is -0.0396. The Kier molecular flexibility index (Phi) is 6.23. The fraction of sp³-hybridized carbons (Fsp3) is 0.212. The Morgan fingerprint density at radius 2 is 1.56 bits per heavy atom. The van der Waals surface area contributed by atoms with Crippen molar-refractivity contribution in [3.8, 4) is 22.8 Å². The van der Waals surface area contributed by atoms with Gasteiger partial charge in [-0.15, -0.1) is 0 Å². The third-order valence-electron chi connectivity index (χ3n) is 7.87. The molecule has 0 bridgehead atoms. The van der Waals surface area contributed by atoms with Gasteiger partial charge in [0.05, 0.1) is 41.7 Å². The molecule has 2 aliphatic rings. The van der Waals surface area contributed by atoms with Crippen molar-refractivity contribution in [1.82, 2.24) is 5.16 Å². The number of hydrogen-bond acceptors (Lipinski definition) is 8. The van der Waals surface area contributed by atoms with E-state index in [-0.39, 0.29) is 5.78 Å². The molecule has 1 fully saturated rings. The number of methoxy groups -OCH3 is 1. The van der Waals surface area contributed by atoms with Gasteiger partial charge in [0.15, 0.2) is 11.5 Å². The first-order chi connectivity index (χ1) is 20.2. The molecule has 206 valence electrons. The highest BCUT2D eigenvalue weighted by molar-refractivity contribution is 6.28. The summed E-state index contributed by atoms with van der Waals surface area (Å²) in [5, 5.41) is 8.82. The Hall–Kier alpha value is -4.98. The number of benzene rings is 4. The normalized spacial score (nSPS) is 14.2. The molecule has 1 saturated heterocycles. The quantitative estimate of drug-likeness (QED) is 0.243. The average molecular weight is 547 g/mol. The van der Waals surface area contributed by atoms with Crippen LogP contribution in [0.25, 0.3) is 22.2 Å². The second-order valence-electron chi connectivity index (χ2n) is 10.2. The van der Waals surface area contributed by atoms with Gasteiger partial charge >= 0.3 is 0 Å². The number of rotatable bonds is 7. The summed E-state index contributed by atoms with van der Waals surface area (Å²) in [5.74, 6) is 2.27. The highest BCUT2D eigenvalue weighted by Crippen LogP contribution is 2.46. The number of carbonyl (C=O) groups excluding carboxylic acids is 1. The van der Waals surface area contributed by atoms with Crippen LogP contribution in [-0.2, 0) is 0 Å².